The molecule has 0 aliphatic rings. The Morgan fingerprint density at radius 1 is 0.778 bits per heavy atom. The van der Waals surface area contributed by atoms with Crippen LogP contribution in [0.4, 0.5) is 0 Å². The molecule has 0 saturated carbocycles. The van der Waals surface area contributed by atoms with Gasteiger partial charge in [0.05, 0.1) is 11.1 Å². The summed E-state index contributed by atoms with van der Waals surface area (Å²) in [6, 6.07) is 13.1. The molecule has 2 aromatic carbocycles. The van der Waals surface area contributed by atoms with E-state index in [9.17, 15) is 9.59 Å². The van der Waals surface area contributed by atoms with Crippen molar-refractivity contribution in [3.05, 3.63) is 70.5 Å². The van der Waals surface area contributed by atoms with Gasteiger partial charge in [-0.1, -0.05) is 34.1 Å². The van der Waals surface area contributed by atoms with Gasteiger partial charge in [-0.2, -0.15) is 0 Å². The van der Waals surface area contributed by atoms with Crippen molar-refractivity contribution >= 4 is 60.7 Å². The van der Waals surface area contributed by atoms with E-state index in [0.717, 1.165) is 26.3 Å². The molecule has 4 rings (SSSR count). The molecular formula is C20H15BrN4O2. The molecule has 6 nitrogen and oxygen atoms in total. The summed E-state index contributed by atoms with van der Waals surface area (Å²) in [5.41, 5.74) is 14.3. The van der Waals surface area contributed by atoms with Crippen LogP contribution in [0.2, 0.25) is 0 Å². The number of carbonyl (C=O) groups excluding carboxylic acids is 2. The van der Waals surface area contributed by atoms with E-state index >= 15 is 0 Å². The van der Waals surface area contributed by atoms with Crippen LogP contribution in [0.3, 0.4) is 0 Å². The third-order valence-electron chi connectivity index (χ3n) is 4.51. The second kappa shape index (κ2) is 6.44. The summed E-state index contributed by atoms with van der Waals surface area (Å²) in [6.45, 7) is 0. The zero-order valence-corrected chi connectivity index (χ0v) is 15.6. The number of primary amides is 2. The molecule has 0 aliphatic carbocycles. The molecule has 0 fully saturated rings. The van der Waals surface area contributed by atoms with Gasteiger partial charge in [0.2, 0.25) is 11.8 Å². The van der Waals surface area contributed by atoms with Gasteiger partial charge in [-0.25, -0.2) is 0 Å². The number of para-hydroxylation sites is 1. The number of carbonyl (C=O) groups is 2. The summed E-state index contributed by atoms with van der Waals surface area (Å²) in [5.74, 6) is -1.45. The average molecular weight is 423 g/mol. The maximum absolute atomic E-state index is 12.4. The smallest absolute Gasteiger partial charge is 0.250 e. The van der Waals surface area contributed by atoms with Gasteiger partial charge in [-0.15, -0.1) is 0 Å². The molecular weight excluding hydrogens is 408 g/mol. The predicted octanol–water partition coefficient (Wildman–Crippen LogP) is 3.29. The number of rotatable bonds is 4. The van der Waals surface area contributed by atoms with E-state index in [4.69, 9.17) is 11.5 Å². The number of nitrogens with two attached hydrogens (primary N) is 2. The molecule has 0 spiro atoms. The van der Waals surface area contributed by atoms with Gasteiger partial charge >= 0.3 is 0 Å². The molecule has 0 bridgehead atoms. The Morgan fingerprint density at radius 2 is 1.33 bits per heavy atom. The van der Waals surface area contributed by atoms with Gasteiger partial charge < -0.3 is 21.4 Å². The second-order valence-corrected chi connectivity index (χ2v) is 7.03. The molecule has 0 aliphatic heterocycles. The normalized spacial score (nSPS) is 12.3. The van der Waals surface area contributed by atoms with Crippen LogP contribution in [0.25, 0.3) is 33.0 Å². The van der Waals surface area contributed by atoms with E-state index in [0.29, 0.717) is 11.1 Å². The molecule has 0 radical (unpaired) electrons. The SMILES string of the molecule is NC(=O)/C(=C(\C(N)=O)c1c[nH]c2ccc(Br)cc12)c1c[nH]c2ccccc12. The molecule has 0 saturated heterocycles. The first-order valence-corrected chi connectivity index (χ1v) is 8.94. The van der Waals surface area contributed by atoms with Crippen LogP contribution in [0.5, 0.6) is 0 Å². The van der Waals surface area contributed by atoms with Crippen LogP contribution in [0.15, 0.2) is 59.3 Å². The Balaban J connectivity index is 2.10. The predicted molar refractivity (Wildman–Crippen MR) is 110 cm³/mol. The quantitative estimate of drug-likeness (QED) is 0.377. The second-order valence-electron chi connectivity index (χ2n) is 6.12. The lowest BCUT2D eigenvalue weighted by molar-refractivity contribution is -0.114. The lowest BCUT2D eigenvalue weighted by Crippen LogP contribution is -2.21. The zero-order chi connectivity index (χ0) is 19.1. The fourth-order valence-corrected chi connectivity index (χ4v) is 3.72. The first-order chi connectivity index (χ1) is 13.0. The molecule has 2 heterocycles. The summed E-state index contributed by atoms with van der Waals surface area (Å²) in [4.78, 5) is 31.0. The molecule has 27 heavy (non-hydrogen) atoms. The zero-order valence-electron chi connectivity index (χ0n) is 14.0. The summed E-state index contributed by atoms with van der Waals surface area (Å²) in [7, 11) is 0. The Kier molecular flexibility index (Phi) is 4.08. The Morgan fingerprint density at radius 3 is 1.96 bits per heavy atom. The monoisotopic (exact) mass is 422 g/mol. The summed E-state index contributed by atoms with van der Waals surface area (Å²) in [6.07, 6.45) is 3.33. The highest BCUT2D eigenvalue weighted by molar-refractivity contribution is 9.10. The highest BCUT2D eigenvalue weighted by Crippen LogP contribution is 2.35. The van der Waals surface area contributed by atoms with E-state index < -0.39 is 11.8 Å². The lowest BCUT2D eigenvalue weighted by atomic mass is 9.93. The number of aromatic nitrogens is 2. The minimum absolute atomic E-state index is 0.0802. The van der Waals surface area contributed by atoms with Gasteiger partial charge in [-0.3, -0.25) is 9.59 Å². The summed E-state index contributed by atoms with van der Waals surface area (Å²) >= 11 is 3.43. The number of hydrogen-bond acceptors (Lipinski definition) is 2. The van der Waals surface area contributed by atoms with Crippen molar-refractivity contribution in [1.82, 2.24) is 9.97 Å². The van der Waals surface area contributed by atoms with Crippen LogP contribution < -0.4 is 11.5 Å². The fraction of sp³-hybridized carbons (Fsp3) is 0. The highest BCUT2D eigenvalue weighted by atomic mass is 79.9. The number of aromatic amines is 2. The number of amides is 2. The van der Waals surface area contributed by atoms with E-state index in [2.05, 4.69) is 25.9 Å². The Hall–Kier alpha value is -3.32. The summed E-state index contributed by atoms with van der Waals surface area (Å²) in [5, 5.41) is 1.54. The van der Waals surface area contributed by atoms with Crippen molar-refractivity contribution in [3.8, 4) is 0 Å². The van der Waals surface area contributed by atoms with Gasteiger partial charge in [0.25, 0.3) is 0 Å². The largest absolute Gasteiger partial charge is 0.366 e. The van der Waals surface area contributed by atoms with Crippen LogP contribution in [0, 0.1) is 0 Å². The Bertz CT molecular complexity index is 1250. The number of H-pyrrole nitrogens is 2. The molecule has 134 valence electrons. The molecule has 4 aromatic rings. The number of hydrogen-bond donors (Lipinski definition) is 4. The Labute approximate surface area is 162 Å². The lowest BCUT2D eigenvalue weighted by Gasteiger charge is -2.10. The van der Waals surface area contributed by atoms with E-state index in [1.165, 1.54) is 0 Å². The van der Waals surface area contributed by atoms with E-state index in [1.807, 2.05) is 42.5 Å². The third-order valence-corrected chi connectivity index (χ3v) is 5.01. The van der Waals surface area contributed by atoms with Crippen LogP contribution >= 0.6 is 15.9 Å². The van der Waals surface area contributed by atoms with Crippen LogP contribution in [0.1, 0.15) is 11.1 Å². The molecule has 0 atom stereocenters. The van der Waals surface area contributed by atoms with Crippen molar-refractivity contribution in [2.45, 2.75) is 0 Å². The maximum atomic E-state index is 12.4. The molecule has 2 aromatic heterocycles. The highest BCUT2D eigenvalue weighted by Gasteiger charge is 2.25. The number of fused-ring (bicyclic) bond motifs is 2. The van der Waals surface area contributed by atoms with Crippen molar-refractivity contribution in [3.63, 3.8) is 0 Å². The third kappa shape index (κ3) is 2.82. The minimum Gasteiger partial charge on any atom is -0.366 e. The van der Waals surface area contributed by atoms with Crippen molar-refractivity contribution in [2.24, 2.45) is 11.5 Å². The average Bonchev–Trinajstić information content (AvgIpc) is 3.23. The molecule has 6 N–H and O–H groups in total. The summed E-state index contributed by atoms with van der Waals surface area (Å²) < 4.78 is 0.840. The van der Waals surface area contributed by atoms with Gasteiger partial charge in [0.15, 0.2) is 0 Å². The minimum atomic E-state index is -0.727. The van der Waals surface area contributed by atoms with Crippen molar-refractivity contribution < 1.29 is 9.59 Å². The molecule has 0 unspecified atom stereocenters. The van der Waals surface area contributed by atoms with E-state index in [1.54, 1.807) is 12.4 Å². The standard InChI is InChI=1S/C20H15BrN4O2/c21-10-5-6-16-12(7-10)14(9-25-16)18(20(23)27)17(19(22)26)13-8-24-15-4-2-1-3-11(13)15/h1-9,24-25H,(H2,22,26)(H2,23,27)/b18-17-. The topological polar surface area (TPSA) is 118 Å². The van der Waals surface area contributed by atoms with Crippen LogP contribution in [-0.4, -0.2) is 21.8 Å². The van der Waals surface area contributed by atoms with E-state index in [-0.39, 0.29) is 11.1 Å². The van der Waals surface area contributed by atoms with Gasteiger partial charge in [0, 0.05) is 49.8 Å². The maximum Gasteiger partial charge on any atom is 0.250 e. The fourth-order valence-electron chi connectivity index (χ4n) is 3.36. The van der Waals surface area contributed by atoms with Crippen molar-refractivity contribution in [2.75, 3.05) is 0 Å². The molecule has 7 heteroatoms. The molecule has 2 amide bonds. The van der Waals surface area contributed by atoms with Gasteiger partial charge in [-0.05, 0) is 24.3 Å². The number of nitrogens with one attached hydrogen (secondary N) is 2. The van der Waals surface area contributed by atoms with Crippen LogP contribution in [-0.2, 0) is 9.59 Å². The first kappa shape index (κ1) is 17.1. The number of benzene rings is 2. The van der Waals surface area contributed by atoms with Crippen molar-refractivity contribution in [1.29, 1.82) is 0 Å². The first-order valence-electron chi connectivity index (χ1n) is 8.14. The number of halogens is 1. The van der Waals surface area contributed by atoms with Gasteiger partial charge in [0.1, 0.15) is 0 Å².